The van der Waals surface area contributed by atoms with Gasteiger partial charge in [-0.1, -0.05) is 19.8 Å². The first kappa shape index (κ1) is 17.7. The summed E-state index contributed by atoms with van der Waals surface area (Å²) in [5.41, 5.74) is 0. The average molecular weight is 300 g/mol. The average Bonchev–Trinajstić information content (AvgIpc) is 2.44. The molecule has 0 saturated carbocycles. The van der Waals surface area contributed by atoms with Crippen molar-refractivity contribution in [2.75, 3.05) is 40.3 Å². The molecule has 0 aromatic heterocycles. The van der Waals surface area contributed by atoms with Gasteiger partial charge in [-0.2, -0.15) is 0 Å². The van der Waals surface area contributed by atoms with Gasteiger partial charge in [-0.3, -0.25) is 4.90 Å². The van der Waals surface area contributed by atoms with Crippen molar-refractivity contribution in [1.82, 2.24) is 20.4 Å². The number of amides is 2. The van der Waals surface area contributed by atoms with Crippen LogP contribution in [0.2, 0.25) is 0 Å². The summed E-state index contributed by atoms with van der Waals surface area (Å²) < 4.78 is 0. The zero-order valence-corrected chi connectivity index (χ0v) is 13.3. The van der Waals surface area contributed by atoms with Gasteiger partial charge in [0.2, 0.25) is 0 Å². The lowest BCUT2D eigenvalue weighted by Crippen LogP contribution is -2.56. The number of carboxylic acids is 1. The SMILES string of the molecule is CCCC[C@H](NC(=O)NCC1CN(C)CCN1C)C(=O)O. The van der Waals surface area contributed by atoms with Gasteiger partial charge in [0.25, 0.3) is 0 Å². The highest BCUT2D eigenvalue weighted by Gasteiger charge is 2.23. The summed E-state index contributed by atoms with van der Waals surface area (Å²) in [4.78, 5) is 27.4. The van der Waals surface area contributed by atoms with Crippen molar-refractivity contribution < 1.29 is 14.7 Å². The van der Waals surface area contributed by atoms with Crippen LogP contribution in [0.25, 0.3) is 0 Å². The van der Waals surface area contributed by atoms with Crippen LogP contribution in [0.1, 0.15) is 26.2 Å². The standard InChI is InChI=1S/C14H28N4O3/c1-4-5-6-12(13(19)20)16-14(21)15-9-11-10-17(2)7-8-18(11)3/h11-12H,4-10H2,1-3H3,(H,19,20)(H2,15,16,21)/t11?,12-/m0/s1. The van der Waals surface area contributed by atoms with Crippen LogP contribution in [0, 0.1) is 0 Å². The fourth-order valence-corrected chi connectivity index (χ4v) is 2.41. The van der Waals surface area contributed by atoms with E-state index in [0.29, 0.717) is 13.0 Å². The van der Waals surface area contributed by atoms with Crippen LogP contribution in [-0.2, 0) is 4.79 Å². The molecule has 1 unspecified atom stereocenters. The van der Waals surface area contributed by atoms with Gasteiger partial charge in [-0.05, 0) is 20.5 Å². The Bertz CT molecular complexity index is 351. The lowest BCUT2D eigenvalue weighted by molar-refractivity contribution is -0.139. The Morgan fingerprint density at radius 2 is 2.05 bits per heavy atom. The highest BCUT2D eigenvalue weighted by molar-refractivity contribution is 5.82. The number of nitrogens with one attached hydrogen (secondary N) is 2. The molecule has 2 amide bonds. The molecule has 0 aromatic carbocycles. The van der Waals surface area contributed by atoms with E-state index < -0.39 is 18.0 Å². The Kier molecular flexibility index (Phi) is 7.45. The van der Waals surface area contributed by atoms with E-state index in [1.165, 1.54) is 0 Å². The van der Waals surface area contributed by atoms with Gasteiger partial charge in [0.15, 0.2) is 0 Å². The minimum absolute atomic E-state index is 0.258. The van der Waals surface area contributed by atoms with E-state index in [2.05, 4.69) is 27.5 Å². The molecule has 1 aliphatic rings. The maximum Gasteiger partial charge on any atom is 0.326 e. The summed E-state index contributed by atoms with van der Waals surface area (Å²) in [6.45, 7) is 5.41. The molecule has 122 valence electrons. The van der Waals surface area contributed by atoms with Crippen molar-refractivity contribution in [3.63, 3.8) is 0 Å². The minimum Gasteiger partial charge on any atom is -0.480 e. The monoisotopic (exact) mass is 300 g/mol. The third-order valence-electron chi connectivity index (χ3n) is 3.93. The Labute approximate surface area is 126 Å². The Balaban J connectivity index is 2.36. The van der Waals surface area contributed by atoms with E-state index in [1.54, 1.807) is 0 Å². The van der Waals surface area contributed by atoms with Crippen LogP contribution in [0.15, 0.2) is 0 Å². The number of unbranched alkanes of at least 4 members (excludes halogenated alkanes) is 1. The summed E-state index contributed by atoms with van der Waals surface area (Å²) in [5.74, 6) is -0.979. The van der Waals surface area contributed by atoms with Gasteiger partial charge in [-0.15, -0.1) is 0 Å². The van der Waals surface area contributed by atoms with E-state index in [1.807, 2.05) is 14.0 Å². The third-order valence-corrected chi connectivity index (χ3v) is 3.93. The predicted octanol–water partition coefficient (Wildman–Crippen LogP) is 0.175. The summed E-state index contributed by atoms with van der Waals surface area (Å²) in [6, 6.07) is -0.953. The fraction of sp³-hybridized carbons (Fsp3) is 0.857. The molecule has 7 nitrogen and oxygen atoms in total. The number of carbonyl (C=O) groups excluding carboxylic acids is 1. The fourth-order valence-electron chi connectivity index (χ4n) is 2.41. The van der Waals surface area contributed by atoms with Gasteiger partial charge in [0.05, 0.1) is 0 Å². The summed E-state index contributed by atoms with van der Waals surface area (Å²) in [6.07, 6.45) is 2.16. The third kappa shape index (κ3) is 6.31. The van der Waals surface area contributed by atoms with Gasteiger partial charge < -0.3 is 20.6 Å². The maximum absolute atomic E-state index is 11.8. The molecule has 0 spiro atoms. The van der Waals surface area contributed by atoms with Gasteiger partial charge in [-0.25, -0.2) is 9.59 Å². The van der Waals surface area contributed by atoms with Crippen molar-refractivity contribution in [3.8, 4) is 0 Å². The molecule has 1 rings (SSSR count). The van der Waals surface area contributed by atoms with E-state index in [0.717, 1.165) is 32.5 Å². The van der Waals surface area contributed by atoms with Gasteiger partial charge in [0, 0.05) is 32.2 Å². The van der Waals surface area contributed by atoms with Gasteiger partial charge in [0.1, 0.15) is 6.04 Å². The van der Waals surface area contributed by atoms with Crippen molar-refractivity contribution in [2.45, 2.75) is 38.3 Å². The predicted molar refractivity (Wildman–Crippen MR) is 81.4 cm³/mol. The van der Waals surface area contributed by atoms with Crippen LogP contribution in [0.5, 0.6) is 0 Å². The number of carboxylic acid groups (broad SMARTS) is 1. The lowest BCUT2D eigenvalue weighted by Gasteiger charge is -2.37. The number of urea groups is 1. The van der Waals surface area contributed by atoms with E-state index in [9.17, 15) is 9.59 Å². The van der Waals surface area contributed by atoms with Gasteiger partial charge >= 0.3 is 12.0 Å². The first-order valence-electron chi connectivity index (χ1n) is 7.60. The highest BCUT2D eigenvalue weighted by atomic mass is 16.4. The lowest BCUT2D eigenvalue weighted by atomic mass is 10.1. The van der Waals surface area contributed by atoms with E-state index in [4.69, 9.17) is 5.11 Å². The van der Waals surface area contributed by atoms with Crippen LogP contribution < -0.4 is 10.6 Å². The van der Waals surface area contributed by atoms with Crippen LogP contribution in [0.4, 0.5) is 4.79 Å². The van der Waals surface area contributed by atoms with Crippen LogP contribution >= 0.6 is 0 Å². The molecule has 1 heterocycles. The number of aliphatic carboxylic acids is 1. The topological polar surface area (TPSA) is 84.9 Å². The number of likely N-dealkylation sites (N-methyl/N-ethyl adjacent to an activating group) is 2. The molecule has 1 fully saturated rings. The molecule has 7 heteroatoms. The maximum atomic E-state index is 11.8. The molecule has 1 aliphatic heterocycles. The van der Waals surface area contributed by atoms with Crippen molar-refractivity contribution in [2.24, 2.45) is 0 Å². The second-order valence-electron chi connectivity index (χ2n) is 5.78. The molecular formula is C14H28N4O3. The molecular weight excluding hydrogens is 272 g/mol. The summed E-state index contributed by atoms with van der Waals surface area (Å²) >= 11 is 0. The zero-order chi connectivity index (χ0) is 15.8. The van der Waals surface area contributed by atoms with Crippen LogP contribution in [0.3, 0.4) is 0 Å². The first-order chi connectivity index (χ1) is 9.93. The van der Waals surface area contributed by atoms with Crippen molar-refractivity contribution in [3.05, 3.63) is 0 Å². The number of piperazine rings is 1. The largest absolute Gasteiger partial charge is 0.480 e. The normalized spacial score (nSPS) is 21.8. The van der Waals surface area contributed by atoms with Crippen molar-refractivity contribution >= 4 is 12.0 Å². The Morgan fingerprint density at radius 3 is 2.67 bits per heavy atom. The van der Waals surface area contributed by atoms with Crippen molar-refractivity contribution in [1.29, 1.82) is 0 Å². The molecule has 0 aliphatic carbocycles. The summed E-state index contributed by atoms with van der Waals surface area (Å²) in [7, 11) is 4.10. The molecule has 0 aromatic rings. The van der Waals surface area contributed by atoms with Crippen LogP contribution in [-0.4, -0.2) is 79.3 Å². The molecule has 2 atom stereocenters. The number of hydrogen-bond acceptors (Lipinski definition) is 4. The molecule has 3 N–H and O–H groups in total. The number of rotatable bonds is 7. The summed E-state index contributed by atoms with van der Waals surface area (Å²) in [5, 5.41) is 14.4. The Morgan fingerprint density at radius 1 is 1.33 bits per heavy atom. The highest BCUT2D eigenvalue weighted by Crippen LogP contribution is 2.05. The number of hydrogen-bond donors (Lipinski definition) is 3. The zero-order valence-electron chi connectivity index (χ0n) is 13.3. The number of nitrogens with zero attached hydrogens (tertiary/aromatic N) is 2. The first-order valence-corrected chi connectivity index (χ1v) is 7.60. The minimum atomic E-state index is -0.979. The molecule has 0 radical (unpaired) electrons. The van der Waals surface area contributed by atoms with E-state index >= 15 is 0 Å². The molecule has 1 saturated heterocycles. The quantitative estimate of drug-likeness (QED) is 0.624. The smallest absolute Gasteiger partial charge is 0.326 e. The molecule has 0 bridgehead atoms. The van der Waals surface area contributed by atoms with E-state index in [-0.39, 0.29) is 6.04 Å². The number of carbonyl (C=O) groups is 2. The second kappa shape index (κ2) is 8.84. The Hall–Kier alpha value is -1.34. The second-order valence-corrected chi connectivity index (χ2v) is 5.78. The molecule has 21 heavy (non-hydrogen) atoms.